The minimum Gasteiger partial charge on any atom is -0.453 e. The second-order valence-electron chi connectivity index (χ2n) is 16.6. The number of aromatic nitrogens is 4. The molecule has 0 spiro atoms. The van der Waals surface area contributed by atoms with Crippen molar-refractivity contribution in [1.29, 1.82) is 0 Å². The molecule has 2 aliphatic carbocycles. The van der Waals surface area contributed by atoms with E-state index in [2.05, 4.69) is 52.8 Å². The third-order valence-corrected chi connectivity index (χ3v) is 12.7. The van der Waals surface area contributed by atoms with Crippen molar-refractivity contribution in [3.05, 3.63) is 71.4 Å². The van der Waals surface area contributed by atoms with Gasteiger partial charge in [-0.25, -0.2) is 14.8 Å². The van der Waals surface area contributed by atoms with Crippen LogP contribution in [0.3, 0.4) is 0 Å². The number of aromatic amines is 2. The summed E-state index contributed by atoms with van der Waals surface area (Å²) in [6.07, 6.45) is 7.59. The number of fused-ring (bicyclic) bond motifs is 5. The summed E-state index contributed by atoms with van der Waals surface area (Å²) in [7, 11) is 1.31. The Balaban J connectivity index is 0.971. The first-order valence-electron chi connectivity index (χ1n) is 19.7. The van der Waals surface area contributed by atoms with Crippen LogP contribution in [0.4, 0.5) is 4.79 Å². The smallest absolute Gasteiger partial charge is 0.407 e. The summed E-state index contributed by atoms with van der Waals surface area (Å²) in [5, 5.41) is 2.76. The Morgan fingerprint density at radius 2 is 1.43 bits per heavy atom. The van der Waals surface area contributed by atoms with Crippen molar-refractivity contribution < 1.29 is 19.1 Å². The lowest BCUT2D eigenvalue weighted by Gasteiger charge is -2.37. The average Bonchev–Trinajstić information content (AvgIpc) is 4.03. The van der Waals surface area contributed by atoms with Gasteiger partial charge in [-0.2, -0.15) is 0 Å². The fourth-order valence-corrected chi connectivity index (χ4v) is 9.44. The maximum absolute atomic E-state index is 13.9. The molecular formula is C43H51N7O4. The molecule has 11 nitrogen and oxygen atoms in total. The lowest BCUT2D eigenvalue weighted by atomic mass is 9.93. The number of rotatable bonds is 8. The number of ether oxygens (including phenoxy) is 1. The van der Waals surface area contributed by atoms with E-state index in [1.54, 1.807) is 0 Å². The normalized spacial score (nSPS) is 25.3. The van der Waals surface area contributed by atoms with Crippen LogP contribution in [-0.4, -0.2) is 72.9 Å². The molecule has 0 unspecified atom stereocenters. The second kappa shape index (κ2) is 14.3. The number of likely N-dealkylation sites (tertiary alicyclic amines) is 2. The average molecular weight is 730 g/mol. The van der Waals surface area contributed by atoms with E-state index in [0.717, 1.165) is 83.6 Å². The number of alkyl carbamates (subject to hydrolysis) is 1. The number of carbonyl (C=O) groups is 3. The van der Waals surface area contributed by atoms with Gasteiger partial charge in [-0.15, -0.1) is 0 Å². The third kappa shape index (κ3) is 6.43. The Hall–Kier alpha value is -5.11. The summed E-state index contributed by atoms with van der Waals surface area (Å²) in [6.45, 7) is 10.2. The van der Waals surface area contributed by atoms with Gasteiger partial charge in [0.25, 0.3) is 0 Å². The molecule has 2 aromatic carbocycles. The molecule has 54 heavy (non-hydrogen) atoms. The fraction of sp³-hybridized carbons (Fsp3) is 0.512. The van der Waals surface area contributed by atoms with E-state index in [4.69, 9.17) is 14.7 Å². The molecule has 0 radical (unpaired) electrons. The van der Waals surface area contributed by atoms with E-state index >= 15 is 0 Å². The summed E-state index contributed by atoms with van der Waals surface area (Å²) in [5.41, 5.74) is 5.31. The van der Waals surface area contributed by atoms with Gasteiger partial charge in [-0.1, -0.05) is 58.6 Å². The van der Waals surface area contributed by atoms with E-state index in [-0.39, 0.29) is 41.8 Å². The van der Waals surface area contributed by atoms with Crippen molar-refractivity contribution in [2.45, 2.75) is 103 Å². The van der Waals surface area contributed by atoms with E-state index in [9.17, 15) is 14.4 Å². The lowest BCUT2D eigenvalue weighted by molar-refractivity contribution is -0.141. The molecule has 3 N–H and O–H groups in total. The molecule has 2 saturated carbocycles. The quantitative estimate of drug-likeness (QED) is 0.165. The monoisotopic (exact) mass is 729 g/mol. The van der Waals surface area contributed by atoms with Crippen LogP contribution < -0.4 is 5.32 Å². The van der Waals surface area contributed by atoms with Crippen molar-refractivity contribution >= 4 is 28.9 Å². The van der Waals surface area contributed by atoms with Crippen LogP contribution >= 0.6 is 0 Å². The topological polar surface area (TPSA) is 136 Å². The van der Waals surface area contributed by atoms with Crippen LogP contribution in [0, 0.1) is 41.4 Å². The standard InChI is InChI=1S/C43H51N7O4/c1-23(2)25(5)41(51)49-31-16-14-29(20-31)37(49)39-44-22-35(47-39)28-12-9-26(10-13-28)7-8-27-11-18-33-34(19-27)46-40(45-33)38-30-15-17-32(21-30)50(38)42(52)36(24(3)4)48-43(53)54-6/h9-13,18-19,22-25,29-32,36-38H,14-17,20-21H2,1-6H3,(H,44,47)(H,45,46)(H,48,53)/t25-,29-,30-,31+,32+,36-,37-,38-/m0/s1. The predicted molar refractivity (Wildman–Crippen MR) is 206 cm³/mol. The van der Waals surface area contributed by atoms with Crippen LogP contribution in [0.2, 0.25) is 0 Å². The maximum Gasteiger partial charge on any atom is 0.407 e. The van der Waals surface area contributed by atoms with Crippen LogP contribution in [0.1, 0.15) is 108 Å². The first-order valence-corrected chi connectivity index (χ1v) is 19.7. The number of nitrogens with one attached hydrogen (secondary N) is 3. The molecule has 4 fully saturated rings. The molecule has 11 heteroatoms. The number of H-pyrrole nitrogens is 2. The highest BCUT2D eigenvalue weighted by atomic mass is 16.5. The molecular weight excluding hydrogens is 679 g/mol. The minimum atomic E-state index is -0.676. The van der Waals surface area contributed by atoms with Crippen LogP contribution in [0.5, 0.6) is 0 Å². The molecule has 8 rings (SSSR count). The van der Waals surface area contributed by atoms with Crippen molar-refractivity contribution in [3.8, 4) is 23.1 Å². The number of piperidine rings is 2. The Bertz CT molecular complexity index is 2120. The number of hydrogen-bond donors (Lipinski definition) is 3. The Kier molecular flexibility index (Phi) is 9.49. The predicted octanol–water partition coefficient (Wildman–Crippen LogP) is 7.13. The summed E-state index contributed by atoms with van der Waals surface area (Å²) in [4.78, 5) is 60.6. The first kappa shape index (κ1) is 35.9. The molecule has 4 heterocycles. The molecule has 4 bridgehead atoms. The van der Waals surface area contributed by atoms with E-state index in [1.807, 2.05) is 67.4 Å². The van der Waals surface area contributed by atoms with Crippen molar-refractivity contribution in [3.63, 3.8) is 0 Å². The van der Waals surface area contributed by atoms with E-state index in [0.29, 0.717) is 23.8 Å². The second-order valence-corrected chi connectivity index (χ2v) is 16.6. The fourth-order valence-electron chi connectivity index (χ4n) is 9.44. The molecule has 8 atom stereocenters. The van der Waals surface area contributed by atoms with E-state index < -0.39 is 12.1 Å². The summed E-state index contributed by atoms with van der Waals surface area (Å²) in [6, 6.07) is 13.7. The van der Waals surface area contributed by atoms with Gasteiger partial charge < -0.3 is 29.8 Å². The van der Waals surface area contributed by atoms with Gasteiger partial charge >= 0.3 is 6.09 Å². The Morgan fingerprint density at radius 3 is 2.07 bits per heavy atom. The zero-order valence-corrected chi connectivity index (χ0v) is 32.1. The molecule has 3 amide bonds. The van der Waals surface area contributed by atoms with Gasteiger partial charge in [-0.3, -0.25) is 9.59 Å². The Morgan fingerprint density at radius 1 is 0.796 bits per heavy atom. The molecule has 2 aliphatic heterocycles. The SMILES string of the molecule is COC(=O)N[C@H](C(=O)N1[C@@H]2CC[C@@H](C2)[C@H]1c1nc2cc(C#Cc3ccc(-c4c[nH]c([C@@H]5[C@H]6CC[C@H](C6)N5C(=O)[C@@H](C)C(C)C)n4)cc3)ccc2[nH]1)C(C)C. The third-order valence-electron chi connectivity index (χ3n) is 12.7. The van der Waals surface area contributed by atoms with Crippen LogP contribution in [0.25, 0.3) is 22.3 Å². The molecule has 4 aromatic rings. The number of amides is 3. The minimum absolute atomic E-state index is 0.00862. The number of nitrogens with zero attached hydrogens (tertiary/aromatic N) is 4. The number of hydrogen-bond acceptors (Lipinski definition) is 6. The van der Waals surface area contributed by atoms with Gasteiger partial charge in [0.05, 0.1) is 35.9 Å². The summed E-state index contributed by atoms with van der Waals surface area (Å²) < 4.78 is 4.82. The summed E-state index contributed by atoms with van der Waals surface area (Å²) >= 11 is 0. The van der Waals surface area contributed by atoms with Gasteiger partial charge in [0.15, 0.2) is 0 Å². The molecule has 2 saturated heterocycles. The number of imidazole rings is 2. The van der Waals surface area contributed by atoms with Crippen LogP contribution in [0.15, 0.2) is 48.7 Å². The van der Waals surface area contributed by atoms with Crippen molar-refractivity contribution in [2.24, 2.45) is 29.6 Å². The largest absolute Gasteiger partial charge is 0.453 e. The molecule has 282 valence electrons. The number of methoxy groups -OCH3 is 1. The van der Waals surface area contributed by atoms with Crippen molar-refractivity contribution in [1.82, 2.24) is 35.1 Å². The summed E-state index contributed by atoms with van der Waals surface area (Å²) in [5.74, 6) is 9.40. The number of benzene rings is 2. The highest BCUT2D eigenvalue weighted by Crippen LogP contribution is 2.51. The highest BCUT2D eigenvalue weighted by molar-refractivity contribution is 5.87. The van der Waals surface area contributed by atoms with Crippen LogP contribution in [-0.2, 0) is 14.3 Å². The van der Waals surface area contributed by atoms with Crippen molar-refractivity contribution in [2.75, 3.05) is 7.11 Å². The van der Waals surface area contributed by atoms with Gasteiger partial charge in [0.1, 0.15) is 17.7 Å². The van der Waals surface area contributed by atoms with Gasteiger partial charge in [0, 0.05) is 40.9 Å². The first-order chi connectivity index (χ1) is 26.0. The number of carbonyl (C=O) groups excluding carboxylic acids is 3. The zero-order chi connectivity index (χ0) is 37.8. The Labute approximate surface area is 317 Å². The lowest BCUT2D eigenvalue weighted by Crippen LogP contribution is -2.54. The van der Waals surface area contributed by atoms with Gasteiger partial charge in [0.2, 0.25) is 11.8 Å². The van der Waals surface area contributed by atoms with Gasteiger partial charge in [-0.05, 0) is 92.5 Å². The zero-order valence-electron chi connectivity index (χ0n) is 32.1. The molecule has 4 aliphatic rings. The van der Waals surface area contributed by atoms with E-state index in [1.165, 1.54) is 7.11 Å². The maximum atomic E-state index is 13.9. The highest BCUT2D eigenvalue weighted by Gasteiger charge is 2.52. The molecule has 2 aromatic heterocycles.